The Bertz CT molecular complexity index is 700. The van der Waals surface area contributed by atoms with E-state index in [1.165, 1.54) is 31.5 Å². The first-order valence-electron chi connectivity index (χ1n) is 9.25. The lowest BCUT2D eigenvalue weighted by atomic mass is 9.99. The summed E-state index contributed by atoms with van der Waals surface area (Å²) in [6.07, 6.45) is 2.62. The van der Waals surface area contributed by atoms with Gasteiger partial charge in [0.1, 0.15) is 0 Å². The number of carbonyl (C=O) groups is 1. The third kappa shape index (κ3) is 5.17. The minimum absolute atomic E-state index is 0.0183. The minimum Gasteiger partial charge on any atom is -0.348 e. The summed E-state index contributed by atoms with van der Waals surface area (Å²) in [6.45, 7) is 8.34. The molecule has 0 atom stereocenters. The summed E-state index contributed by atoms with van der Waals surface area (Å²) >= 11 is 0. The van der Waals surface area contributed by atoms with Crippen molar-refractivity contribution in [2.24, 2.45) is 5.92 Å². The number of nitrogens with zero attached hydrogens (tertiary/aromatic N) is 1. The summed E-state index contributed by atoms with van der Waals surface area (Å²) in [5, 5.41) is 3.00. The molecule has 1 aliphatic rings. The zero-order valence-electron chi connectivity index (χ0n) is 15.3. The number of rotatable bonds is 5. The summed E-state index contributed by atoms with van der Waals surface area (Å²) in [5.74, 6) is 0.853. The molecule has 1 saturated heterocycles. The zero-order valence-corrected chi connectivity index (χ0v) is 15.3. The second-order valence-corrected chi connectivity index (χ2v) is 7.33. The molecule has 132 valence electrons. The van der Waals surface area contributed by atoms with Gasteiger partial charge >= 0.3 is 0 Å². The third-order valence-electron chi connectivity index (χ3n) is 5.04. The third-order valence-corrected chi connectivity index (χ3v) is 5.04. The Labute approximate surface area is 151 Å². The average molecular weight is 336 g/mol. The molecule has 1 fully saturated rings. The summed E-state index contributed by atoms with van der Waals surface area (Å²) < 4.78 is 0. The molecular weight excluding hydrogens is 308 g/mol. The molecule has 3 rings (SSSR count). The van der Waals surface area contributed by atoms with Crippen LogP contribution in [0.5, 0.6) is 0 Å². The van der Waals surface area contributed by atoms with Gasteiger partial charge in [0.25, 0.3) is 5.91 Å². The van der Waals surface area contributed by atoms with Crippen LogP contribution in [0, 0.1) is 12.8 Å². The highest BCUT2D eigenvalue weighted by Crippen LogP contribution is 2.18. The van der Waals surface area contributed by atoms with Crippen LogP contribution in [0.1, 0.15) is 46.8 Å². The molecule has 1 N–H and O–H groups in total. The SMILES string of the molecule is Cc1cccc(C(=O)NCc2ccc(CN3CCC(C)CC3)cc2)c1. The molecule has 1 amide bonds. The Morgan fingerprint density at radius 3 is 2.44 bits per heavy atom. The van der Waals surface area contributed by atoms with E-state index in [4.69, 9.17) is 0 Å². The molecule has 0 unspecified atom stereocenters. The van der Waals surface area contributed by atoms with Gasteiger partial charge in [-0.3, -0.25) is 9.69 Å². The van der Waals surface area contributed by atoms with E-state index >= 15 is 0 Å². The smallest absolute Gasteiger partial charge is 0.251 e. The van der Waals surface area contributed by atoms with Crippen molar-refractivity contribution in [3.63, 3.8) is 0 Å². The number of carbonyl (C=O) groups excluding carboxylic acids is 1. The van der Waals surface area contributed by atoms with E-state index in [2.05, 4.69) is 41.4 Å². The average Bonchev–Trinajstić information content (AvgIpc) is 2.63. The lowest BCUT2D eigenvalue weighted by Crippen LogP contribution is -2.32. The second-order valence-electron chi connectivity index (χ2n) is 7.33. The monoisotopic (exact) mass is 336 g/mol. The van der Waals surface area contributed by atoms with Gasteiger partial charge in [0, 0.05) is 18.7 Å². The van der Waals surface area contributed by atoms with Gasteiger partial charge in [-0.25, -0.2) is 0 Å². The van der Waals surface area contributed by atoms with Crippen molar-refractivity contribution in [2.75, 3.05) is 13.1 Å². The van der Waals surface area contributed by atoms with Crippen molar-refractivity contribution in [1.82, 2.24) is 10.2 Å². The van der Waals surface area contributed by atoms with Gasteiger partial charge in [0.05, 0.1) is 0 Å². The van der Waals surface area contributed by atoms with Gasteiger partial charge in [-0.15, -0.1) is 0 Å². The molecule has 2 aromatic carbocycles. The molecule has 2 aromatic rings. The highest BCUT2D eigenvalue weighted by atomic mass is 16.1. The van der Waals surface area contributed by atoms with E-state index in [1.807, 2.05) is 31.2 Å². The fourth-order valence-electron chi connectivity index (χ4n) is 3.31. The maximum absolute atomic E-state index is 12.2. The molecule has 1 heterocycles. The molecule has 0 saturated carbocycles. The fourth-order valence-corrected chi connectivity index (χ4v) is 3.31. The Kier molecular flexibility index (Phi) is 5.87. The van der Waals surface area contributed by atoms with Crippen LogP contribution in [0.4, 0.5) is 0 Å². The molecular formula is C22H28N2O. The Morgan fingerprint density at radius 1 is 1.08 bits per heavy atom. The van der Waals surface area contributed by atoms with Crippen LogP contribution in [0.3, 0.4) is 0 Å². The van der Waals surface area contributed by atoms with E-state index < -0.39 is 0 Å². The molecule has 0 bridgehead atoms. The highest BCUT2D eigenvalue weighted by Gasteiger charge is 2.15. The summed E-state index contributed by atoms with van der Waals surface area (Å²) in [6, 6.07) is 16.3. The first-order chi connectivity index (χ1) is 12.1. The first-order valence-corrected chi connectivity index (χ1v) is 9.25. The lowest BCUT2D eigenvalue weighted by molar-refractivity contribution is 0.0951. The van der Waals surface area contributed by atoms with Gasteiger partial charge in [-0.05, 0) is 62.0 Å². The predicted octanol–water partition coefficient (Wildman–Crippen LogP) is 4.16. The van der Waals surface area contributed by atoms with Crippen LogP contribution >= 0.6 is 0 Å². The van der Waals surface area contributed by atoms with Crippen LogP contribution in [-0.2, 0) is 13.1 Å². The topological polar surface area (TPSA) is 32.3 Å². The standard InChI is InChI=1S/C22H28N2O/c1-17-10-12-24(13-11-17)16-20-8-6-19(7-9-20)15-23-22(25)21-5-3-4-18(2)14-21/h3-9,14,17H,10-13,15-16H2,1-2H3,(H,23,25). The number of hydrogen-bond acceptors (Lipinski definition) is 2. The van der Waals surface area contributed by atoms with Crippen molar-refractivity contribution in [2.45, 2.75) is 39.8 Å². The van der Waals surface area contributed by atoms with Gasteiger partial charge in [0.15, 0.2) is 0 Å². The van der Waals surface area contributed by atoms with E-state index in [-0.39, 0.29) is 5.91 Å². The van der Waals surface area contributed by atoms with Gasteiger partial charge in [-0.2, -0.15) is 0 Å². The highest BCUT2D eigenvalue weighted by molar-refractivity contribution is 5.94. The summed E-state index contributed by atoms with van der Waals surface area (Å²) in [5.41, 5.74) is 4.31. The number of piperidine rings is 1. The van der Waals surface area contributed by atoms with E-state index in [0.29, 0.717) is 6.54 Å². The number of amides is 1. The van der Waals surface area contributed by atoms with E-state index in [1.54, 1.807) is 0 Å². The molecule has 25 heavy (non-hydrogen) atoms. The van der Waals surface area contributed by atoms with Crippen molar-refractivity contribution in [1.29, 1.82) is 0 Å². The molecule has 1 aliphatic heterocycles. The van der Waals surface area contributed by atoms with Crippen LogP contribution in [0.15, 0.2) is 48.5 Å². The Hall–Kier alpha value is -2.13. The lowest BCUT2D eigenvalue weighted by Gasteiger charge is -2.30. The molecule has 0 spiro atoms. The quantitative estimate of drug-likeness (QED) is 0.889. The largest absolute Gasteiger partial charge is 0.348 e. The van der Waals surface area contributed by atoms with Crippen molar-refractivity contribution >= 4 is 5.91 Å². The van der Waals surface area contributed by atoms with Gasteiger partial charge in [0.2, 0.25) is 0 Å². The minimum atomic E-state index is -0.0183. The Morgan fingerprint density at radius 2 is 1.76 bits per heavy atom. The summed E-state index contributed by atoms with van der Waals surface area (Å²) in [4.78, 5) is 14.7. The van der Waals surface area contributed by atoms with Crippen molar-refractivity contribution in [3.05, 3.63) is 70.8 Å². The first kappa shape index (κ1) is 17.7. The van der Waals surface area contributed by atoms with Crippen molar-refractivity contribution < 1.29 is 4.79 Å². The molecule has 3 nitrogen and oxygen atoms in total. The number of nitrogens with one attached hydrogen (secondary N) is 1. The molecule has 0 aromatic heterocycles. The molecule has 3 heteroatoms. The van der Waals surface area contributed by atoms with E-state index in [9.17, 15) is 4.79 Å². The Balaban J connectivity index is 1.50. The van der Waals surface area contributed by atoms with Gasteiger partial charge in [-0.1, -0.05) is 48.9 Å². The predicted molar refractivity (Wildman–Crippen MR) is 102 cm³/mol. The molecule has 0 radical (unpaired) electrons. The molecule has 0 aliphatic carbocycles. The van der Waals surface area contributed by atoms with Crippen LogP contribution in [0.25, 0.3) is 0 Å². The van der Waals surface area contributed by atoms with E-state index in [0.717, 1.165) is 29.2 Å². The number of likely N-dealkylation sites (tertiary alicyclic amines) is 1. The maximum Gasteiger partial charge on any atom is 0.251 e. The normalized spacial score (nSPS) is 15.9. The van der Waals surface area contributed by atoms with Gasteiger partial charge < -0.3 is 5.32 Å². The van der Waals surface area contributed by atoms with Crippen LogP contribution < -0.4 is 5.32 Å². The number of benzene rings is 2. The maximum atomic E-state index is 12.2. The number of aryl methyl sites for hydroxylation is 1. The number of hydrogen-bond donors (Lipinski definition) is 1. The fraction of sp³-hybridized carbons (Fsp3) is 0.409. The second kappa shape index (κ2) is 8.30. The van der Waals surface area contributed by atoms with Crippen molar-refractivity contribution in [3.8, 4) is 0 Å². The zero-order chi connectivity index (χ0) is 17.6. The van der Waals surface area contributed by atoms with Crippen LogP contribution in [0.2, 0.25) is 0 Å². The van der Waals surface area contributed by atoms with Crippen LogP contribution in [-0.4, -0.2) is 23.9 Å². The summed E-state index contributed by atoms with van der Waals surface area (Å²) in [7, 11) is 0.